The van der Waals surface area contributed by atoms with Crippen molar-refractivity contribution in [3.05, 3.63) is 43.6 Å². The Bertz CT molecular complexity index is 738. The van der Waals surface area contributed by atoms with Gasteiger partial charge in [0.2, 0.25) is 0 Å². The number of nitrogens with zero attached hydrogens (tertiary/aromatic N) is 1. The van der Waals surface area contributed by atoms with Crippen LogP contribution in [0.5, 0.6) is 0 Å². The van der Waals surface area contributed by atoms with Gasteiger partial charge in [-0.05, 0) is 46.4 Å². The predicted molar refractivity (Wildman–Crippen MR) is 87.4 cm³/mol. The number of hydrogen-bond acceptors (Lipinski definition) is 4. The first-order valence-corrected chi connectivity index (χ1v) is 7.74. The minimum absolute atomic E-state index is 0.374. The van der Waals surface area contributed by atoms with Gasteiger partial charge in [-0.3, -0.25) is 0 Å². The molecular formula is C13H8ClIN2OS. The minimum atomic E-state index is 0.374. The van der Waals surface area contributed by atoms with Crippen LogP contribution >= 0.6 is 45.5 Å². The maximum Gasteiger partial charge on any atom is 0.177 e. The first-order chi connectivity index (χ1) is 9.15. The van der Waals surface area contributed by atoms with Gasteiger partial charge in [0.1, 0.15) is 0 Å². The fraction of sp³-hybridized carbons (Fsp3) is 0. The molecule has 0 fully saturated rings. The van der Waals surface area contributed by atoms with Gasteiger partial charge in [-0.1, -0.05) is 28.9 Å². The molecule has 0 spiro atoms. The van der Waals surface area contributed by atoms with Crippen LogP contribution in [0, 0.1) is 2.88 Å². The molecule has 0 bridgehead atoms. The monoisotopic (exact) mass is 402 g/mol. The quantitative estimate of drug-likeness (QED) is 0.620. The molecule has 0 saturated carbocycles. The number of benzene rings is 1. The van der Waals surface area contributed by atoms with Crippen molar-refractivity contribution in [2.24, 2.45) is 0 Å². The number of nitrogens with two attached hydrogens (primary N) is 1. The maximum absolute atomic E-state index is 6.03. The van der Waals surface area contributed by atoms with E-state index in [2.05, 4.69) is 27.7 Å². The van der Waals surface area contributed by atoms with Crippen LogP contribution in [0.3, 0.4) is 0 Å². The number of hydrogen-bond donors (Lipinski definition) is 1. The molecule has 1 aromatic carbocycles. The van der Waals surface area contributed by atoms with Gasteiger partial charge < -0.3 is 10.3 Å². The zero-order valence-electron chi connectivity index (χ0n) is 9.56. The number of rotatable bonds is 2. The Morgan fingerprint density at radius 2 is 2.11 bits per heavy atom. The maximum atomic E-state index is 6.03. The molecule has 0 aliphatic rings. The summed E-state index contributed by atoms with van der Waals surface area (Å²) in [6, 6.07) is 9.54. The summed E-state index contributed by atoms with van der Waals surface area (Å²) in [6.45, 7) is 0. The van der Waals surface area contributed by atoms with Crippen molar-refractivity contribution < 1.29 is 4.52 Å². The lowest BCUT2D eigenvalue weighted by Gasteiger charge is -2.01. The highest BCUT2D eigenvalue weighted by Crippen LogP contribution is 2.39. The fourth-order valence-electron chi connectivity index (χ4n) is 1.85. The van der Waals surface area contributed by atoms with Crippen LogP contribution in [0.2, 0.25) is 5.02 Å². The van der Waals surface area contributed by atoms with E-state index in [4.69, 9.17) is 21.9 Å². The molecule has 3 nitrogen and oxygen atoms in total. The van der Waals surface area contributed by atoms with Gasteiger partial charge in [-0.25, -0.2) is 0 Å². The van der Waals surface area contributed by atoms with Gasteiger partial charge in [0.15, 0.2) is 11.6 Å². The molecule has 3 rings (SSSR count). The molecule has 0 radical (unpaired) electrons. The molecule has 2 N–H and O–H groups in total. The van der Waals surface area contributed by atoms with Crippen molar-refractivity contribution in [2.45, 2.75) is 0 Å². The second-order valence-electron chi connectivity index (χ2n) is 3.92. The van der Waals surface area contributed by atoms with Gasteiger partial charge in [-0.15, -0.1) is 11.3 Å². The Morgan fingerprint density at radius 3 is 2.79 bits per heavy atom. The fourth-order valence-corrected chi connectivity index (χ4v) is 3.37. The van der Waals surface area contributed by atoms with E-state index < -0.39 is 0 Å². The van der Waals surface area contributed by atoms with Crippen LogP contribution in [0.4, 0.5) is 5.82 Å². The van der Waals surface area contributed by atoms with E-state index in [-0.39, 0.29) is 0 Å². The summed E-state index contributed by atoms with van der Waals surface area (Å²) >= 11 is 9.94. The van der Waals surface area contributed by atoms with Gasteiger partial charge >= 0.3 is 0 Å². The molecule has 2 aromatic heterocycles. The van der Waals surface area contributed by atoms with Crippen molar-refractivity contribution in [1.82, 2.24) is 5.16 Å². The highest BCUT2D eigenvalue weighted by atomic mass is 127. The Labute approximate surface area is 132 Å². The van der Waals surface area contributed by atoms with E-state index in [1.165, 1.54) is 2.88 Å². The molecule has 19 heavy (non-hydrogen) atoms. The highest BCUT2D eigenvalue weighted by molar-refractivity contribution is 14.1. The van der Waals surface area contributed by atoms with Crippen molar-refractivity contribution in [3.8, 4) is 22.5 Å². The van der Waals surface area contributed by atoms with Crippen molar-refractivity contribution in [3.63, 3.8) is 0 Å². The van der Waals surface area contributed by atoms with Crippen LogP contribution in [0.1, 0.15) is 0 Å². The molecule has 0 atom stereocenters. The molecule has 0 aliphatic carbocycles. The Kier molecular flexibility index (Phi) is 3.51. The number of aromatic nitrogens is 1. The number of anilines is 1. The van der Waals surface area contributed by atoms with Crippen LogP contribution in [0.15, 0.2) is 40.2 Å². The van der Waals surface area contributed by atoms with E-state index in [0.717, 1.165) is 16.7 Å². The molecular weight excluding hydrogens is 395 g/mol. The number of thiophene rings is 1. The molecule has 2 heterocycles. The van der Waals surface area contributed by atoms with Gasteiger partial charge in [0.25, 0.3) is 0 Å². The molecule has 0 saturated heterocycles. The summed E-state index contributed by atoms with van der Waals surface area (Å²) in [7, 11) is 0. The smallest absolute Gasteiger partial charge is 0.177 e. The summed E-state index contributed by atoms with van der Waals surface area (Å²) in [5.41, 5.74) is 8.60. The minimum Gasteiger partial charge on any atom is -0.380 e. The van der Waals surface area contributed by atoms with E-state index in [0.29, 0.717) is 16.6 Å². The van der Waals surface area contributed by atoms with Crippen LogP contribution < -0.4 is 5.73 Å². The summed E-state index contributed by atoms with van der Waals surface area (Å²) < 4.78 is 6.55. The second-order valence-corrected chi connectivity index (χ2v) is 7.16. The zero-order chi connectivity index (χ0) is 13.4. The lowest BCUT2D eigenvalue weighted by atomic mass is 10.0. The van der Waals surface area contributed by atoms with E-state index >= 15 is 0 Å². The normalized spacial score (nSPS) is 10.8. The molecule has 3 aromatic rings. The summed E-state index contributed by atoms with van der Waals surface area (Å²) in [5.74, 6) is 1.05. The lowest BCUT2D eigenvalue weighted by molar-refractivity contribution is 0.436. The van der Waals surface area contributed by atoms with Crippen LogP contribution in [-0.4, -0.2) is 5.16 Å². The number of halogens is 2. The van der Waals surface area contributed by atoms with E-state index in [9.17, 15) is 0 Å². The average Bonchev–Trinajstić information content (AvgIpc) is 2.95. The second kappa shape index (κ2) is 5.15. The third-order valence-electron chi connectivity index (χ3n) is 2.66. The summed E-state index contributed by atoms with van der Waals surface area (Å²) in [4.78, 5) is 0. The number of nitrogen functional groups attached to an aromatic ring is 1. The summed E-state index contributed by atoms with van der Waals surface area (Å²) in [6.07, 6.45) is 0. The first kappa shape index (κ1) is 13.0. The summed E-state index contributed by atoms with van der Waals surface area (Å²) in [5, 5.41) is 6.55. The van der Waals surface area contributed by atoms with Gasteiger partial charge in [-0.2, -0.15) is 0 Å². The standard InChI is InChI=1S/C13H8ClIN2OS/c14-9-3-1-2-7(4-9)11-12(18-17-13(11)16)8-5-10(15)19-6-8/h1-6H,(H2,16,17). The predicted octanol–water partition coefficient (Wildman–Crippen LogP) is 4.91. The Morgan fingerprint density at radius 1 is 1.26 bits per heavy atom. The Hall–Kier alpha value is -1.05. The van der Waals surface area contributed by atoms with Crippen molar-refractivity contribution in [2.75, 3.05) is 5.73 Å². The van der Waals surface area contributed by atoms with Gasteiger partial charge in [0, 0.05) is 16.0 Å². The molecule has 96 valence electrons. The molecule has 0 unspecified atom stereocenters. The van der Waals surface area contributed by atoms with E-state index in [1.807, 2.05) is 35.7 Å². The van der Waals surface area contributed by atoms with Crippen molar-refractivity contribution in [1.29, 1.82) is 0 Å². The van der Waals surface area contributed by atoms with Crippen LogP contribution in [-0.2, 0) is 0 Å². The third-order valence-corrected chi connectivity index (χ3v) is 4.69. The van der Waals surface area contributed by atoms with E-state index in [1.54, 1.807) is 11.3 Å². The SMILES string of the molecule is Nc1noc(-c2csc(I)c2)c1-c1cccc(Cl)c1. The molecule has 6 heteroatoms. The first-order valence-electron chi connectivity index (χ1n) is 5.40. The van der Waals surface area contributed by atoms with Gasteiger partial charge in [0.05, 0.1) is 8.45 Å². The zero-order valence-corrected chi connectivity index (χ0v) is 13.3. The topological polar surface area (TPSA) is 52.0 Å². The Balaban J connectivity index is 2.19. The average molecular weight is 403 g/mol. The lowest BCUT2D eigenvalue weighted by Crippen LogP contribution is -1.88. The third kappa shape index (κ3) is 2.50. The van der Waals surface area contributed by atoms with Crippen molar-refractivity contribution >= 4 is 51.3 Å². The largest absolute Gasteiger partial charge is 0.380 e. The molecule has 0 amide bonds. The highest BCUT2D eigenvalue weighted by Gasteiger charge is 2.18. The van der Waals surface area contributed by atoms with Crippen LogP contribution in [0.25, 0.3) is 22.5 Å². The molecule has 0 aliphatic heterocycles.